The van der Waals surface area contributed by atoms with E-state index in [9.17, 15) is 0 Å². The van der Waals surface area contributed by atoms with Crippen LogP contribution in [0.4, 0.5) is 5.69 Å². The Bertz CT molecular complexity index is 573. The van der Waals surface area contributed by atoms with Crippen LogP contribution < -0.4 is 0 Å². The van der Waals surface area contributed by atoms with Gasteiger partial charge in [0.1, 0.15) is 0 Å². The van der Waals surface area contributed by atoms with Crippen molar-refractivity contribution in [1.29, 1.82) is 0 Å². The minimum Gasteiger partial charge on any atom is -0.188 e. The van der Waals surface area contributed by atoms with Gasteiger partial charge in [0.05, 0.1) is 5.56 Å². The maximum absolute atomic E-state index is 2.30. The molecule has 0 atom stereocenters. The summed E-state index contributed by atoms with van der Waals surface area (Å²) >= 11 is 1.91. The van der Waals surface area contributed by atoms with Crippen molar-refractivity contribution in [1.82, 2.24) is 0 Å². The van der Waals surface area contributed by atoms with E-state index in [1.165, 1.54) is 21.7 Å². The zero-order valence-electron chi connectivity index (χ0n) is 9.76. The van der Waals surface area contributed by atoms with Crippen LogP contribution in [0.3, 0.4) is 0 Å². The first-order chi connectivity index (χ1) is 8.34. The van der Waals surface area contributed by atoms with Gasteiger partial charge >= 0.3 is 0 Å². The van der Waals surface area contributed by atoms with Crippen LogP contribution in [-0.4, -0.2) is 16.7 Å². The summed E-state index contributed by atoms with van der Waals surface area (Å²) in [5, 5.41) is 0. The highest BCUT2D eigenvalue weighted by atomic mass is 32.2. The first-order valence-electron chi connectivity index (χ1n) is 5.73. The molecule has 1 aliphatic heterocycles. The average molecular weight is 240 g/mol. The van der Waals surface area contributed by atoms with Gasteiger partial charge in [-0.1, -0.05) is 42.1 Å². The number of hydrogen-bond donors (Lipinski definition) is 0. The summed E-state index contributed by atoms with van der Waals surface area (Å²) in [6, 6.07) is 17.0. The number of hydrogen-bond acceptors (Lipinski definition) is 1. The number of thioether (sulfide) groups is 1. The lowest BCUT2D eigenvalue weighted by Crippen LogP contribution is -2.13. The number of rotatable bonds is 1. The summed E-state index contributed by atoms with van der Waals surface area (Å²) in [6.07, 6.45) is 2.24. The van der Waals surface area contributed by atoms with Gasteiger partial charge in [0.25, 0.3) is 0 Å². The molecule has 17 heavy (non-hydrogen) atoms. The number of para-hydroxylation sites is 1. The molecule has 0 spiro atoms. The van der Waals surface area contributed by atoms with Crippen LogP contribution in [-0.2, 0) is 0 Å². The monoisotopic (exact) mass is 240 g/mol. The Morgan fingerprint density at radius 2 is 1.82 bits per heavy atom. The highest BCUT2D eigenvalue weighted by Crippen LogP contribution is 2.30. The van der Waals surface area contributed by atoms with Crippen LogP contribution in [0.5, 0.6) is 0 Å². The second-order valence-corrected chi connectivity index (χ2v) is 5.16. The Hall–Kier alpha value is -1.54. The SMILES string of the molecule is Cc1cccc2c1SC[N+](c1ccccc1)=C2. The number of aryl methyl sites for hydroxylation is 1. The second-order valence-electron chi connectivity index (χ2n) is 4.20. The zero-order chi connectivity index (χ0) is 11.7. The fourth-order valence-electron chi connectivity index (χ4n) is 2.08. The van der Waals surface area contributed by atoms with Gasteiger partial charge < -0.3 is 0 Å². The molecule has 1 aliphatic rings. The maximum Gasteiger partial charge on any atom is 0.205 e. The van der Waals surface area contributed by atoms with Crippen molar-refractivity contribution in [3.63, 3.8) is 0 Å². The van der Waals surface area contributed by atoms with E-state index >= 15 is 0 Å². The van der Waals surface area contributed by atoms with Crippen LogP contribution in [0.25, 0.3) is 0 Å². The first-order valence-corrected chi connectivity index (χ1v) is 6.72. The smallest absolute Gasteiger partial charge is 0.188 e. The summed E-state index contributed by atoms with van der Waals surface area (Å²) < 4.78 is 2.30. The Labute approximate surface area is 106 Å². The van der Waals surface area contributed by atoms with E-state index in [1.54, 1.807) is 0 Å². The molecule has 2 aromatic carbocycles. The minimum atomic E-state index is 0.988. The van der Waals surface area contributed by atoms with Crippen LogP contribution in [0.1, 0.15) is 11.1 Å². The van der Waals surface area contributed by atoms with Crippen LogP contribution >= 0.6 is 11.8 Å². The molecule has 0 amide bonds. The normalized spacial score (nSPS) is 14.1. The first kappa shape index (κ1) is 10.6. The van der Waals surface area contributed by atoms with Crippen LogP contribution in [0.2, 0.25) is 0 Å². The molecule has 0 aliphatic carbocycles. The van der Waals surface area contributed by atoms with Gasteiger partial charge in [0.15, 0.2) is 12.1 Å². The van der Waals surface area contributed by atoms with Crippen molar-refractivity contribution in [3.05, 3.63) is 59.7 Å². The molecule has 84 valence electrons. The standard InChI is InChI=1S/C15H14NS/c1-12-6-5-7-13-10-16(11-17-15(12)13)14-8-3-2-4-9-14/h2-10H,11H2,1H3/q+1. The van der Waals surface area contributed by atoms with E-state index in [1.807, 2.05) is 11.8 Å². The second kappa shape index (κ2) is 4.38. The Balaban J connectivity index is 2.07. The Morgan fingerprint density at radius 3 is 2.65 bits per heavy atom. The van der Waals surface area contributed by atoms with Gasteiger partial charge in [-0.2, -0.15) is 4.58 Å². The third-order valence-corrected chi connectivity index (χ3v) is 4.23. The van der Waals surface area contributed by atoms with E-state index < -0.39 is 0 Å². The van der Waals surface area contributed by atoms with Gasteiger partial charge in [-0.25, -0.2) is 0 Å². The largest absolute Gasteiger partial charge is 0.205 e. The summed E-state index contributed by atoms with van der Waals surface area (Å²) in [7, 11) is 0. The third kappa shape index (κ3) is 2.01. The molecule has 0 fully saturated rings. The van der Waals surface area contributed by atoms with Gasteiger partial charge in [-0.15, -0.1) is 0 Å². The zero-order valence-corrected chi connectivity index (χ0v) is 10.6. The molecular weight excluding hydrogens is 226 g/mol. The van der Waals surface area contributed by atoms with Crippen molar-refractivity contribution in [2.75, 3.05) is 5.88 Å². The lowest BCUT2D eigenvalue weighted by molar-refractivity contribution is -0.411. The molecular formula is C15H14NS+. The molecule has 3 rings (SSSR count). The fourth-order valence-corrected chi connectivity index (χ4v) is 3.16. The van der Waals surface area contributed by atoms with Gasteiger partial charge in [-0.05, 0) is 18.6 Å². The fraction of sp³-hybridized carbons (Fsp3) is 0.133. The molecule has 0 aromatic heterocycles. The van der Waals surface area contributed by atoms with Crippen molar-refractivity contribution >= 4 is 23.7 Å². The molecule has 1 nitrogen and oxygen atoms in total. The lowest BCUT2D eigenvalue weighted by atomic mass is 10.1. The molecule has 0 saturated carbocycles. The molecule has 2 aromatic rings. The predicted octanol–water partition coefficient (Wildman–Crippen LogP) is 3.82. The van der Waals surface area contributed by atoms with E-state index in [2.05, 4.69) is 66.2 Å². The van der Waals surface area contributed by atoms with Crippen molar-refractivity contribution in [2.45, 2.75) is 11.8 Å². The van der Waals surface area contributed by atoms with Gasteiger partial charge in [0, 0.05) is 17.0 Å². The quantitative estimate of drug-likeness (QED) is 0.685. The highest BCUT2D eigenvalue weighted by Gasteiger charge is 2.19. The van der Waals surface area contributed by atoms with Crippen LogP contribution in [0, 0.1) is 6.92 Å². The van der Waals surface area contributed by atoms with Gasteiger partial charge in [-0.3, -0.25) is 0 Å². The van der Waals surface area contributed by atoms with Crippen molar-refractivity contribution < 1.29 is 4.58 Å². The Morgan fingerprint density at radius 1 is 1.00 bits per heavy atom. The molecule has 0 radical (unpaired) electrons. The molecule has 0 saturated heterocycles. The summed E-state index contributed by atoms with van der Waals surface area (Å²) in [5.41, 5.74) is 3.95. The van der Waals surface area contributed by atoms with Crippen LogP contribution in [0.15, 0.2) is 53.4 Å². The molecule has 1 heterocycles. The lowest BCUT2D eigenvalue weighted by Gasteiger charge is -2.13. The van der Waals surface area contributed by atoms with E-state index in [4.69, 9.17) is 0 Å². The number of benzene rings is 2. The predicted molar refractivity (Wildman–Crippen MR) is 73.4 cm³/mol. The van der Waals surface area contributed by atoms with Gasteiger partial charge in [0.2, 0.25) is 5.69 Å². The number of fused-ring (bicyclic) bond motifs is 1. The maximum atomic E-state index is 2.30. The molecule has 0 unspecified atom stereocenters. The topological polar surface area (TPSA) is 3.01 Å². The molecule has 0 bridgehead atoms. The average Bonchev–Trinajstić information content (AvgIpc) is 2.40. The highest BCUT2D eigenvalue weighted by molar-refractivity contribution is 7.99. The summed E-state index contributed by atoms with van der Waals surface area (Å²) in [6.45, 7) is 2.18. The van der Waals surface area contributed by atoms with E-state index in [0.717, 1.165) is 5.88 Å². The number of nitrogens with zero attached hydrogens (tertiary/aromatic N) is 1. The van der Waals surface area contributed by atoms with Crippen molar-refractivity contribution in [3.8, 4) is 0 Å². The summed E-state index contributed by atoms with van der Waals surface area (Å²) in [4.78, 5) is 1.42. The molecule has 2 heteroatoms. The Kier molecular flexibility index (Phi) is 2.73. The van der Waals surface area contributed by atoms with Crippen molar-refractivity contribution in [2.24, 2.45) is 0 Å². The third-order valence-electron chi connectivity index (χ3n) is 2.97. The molecule has 0 N–H and O–H groups in total. The minimum absolute atomic E-state index is 0.988. The van der Waals surface area contributed by atoms with E-state index in [-0.39, 0.29) is 0 Å². The summed E-state index contributed by atoms with van der Waals surface area (Å²) in [5.74, 6) is 0.988. The van der Waals surface area contributed by atoms with E-state index in [0.29, 0.717) is 0 Å².